The molecule has 124 valence electrons. The van der Waals surface area contributed by atoms with E-state index in [2.05, 4.69) is 15.0 Å². The summed E-state index contributed by atoms with van der Waals surface area (Å²) in [5.41, 5.74) is 2.03. The first-order chi connectivity index (χ1) is 11.4. The van der Waals surface area contributed by atoms with E-state index >= 15 is 0 Å². The fourth-order valence-electron chi connectivity index (χ4n) is 1.91. The molecule has 0 fully saturated rings. The number of sulfonamides is 1. The van der Waals surface area contributed by atoms with Gasteiger partial charge in [-0.2, -0.15) is 5.26 Å². The quantitative estimate of drug-likeness (QED) is 0.378. The fraction of sp³-hybridized carbons (Fsp3) is 0.125. The van der Waals surface area contributed by atoms with Gasteiger partial charge >= 0.3 is 0 Å². The molecule has 2 aromatic rings. The molecule has 0 saturated carbocycles. The van der Waals surface area contributed by atoms with Crippen LogP contribution in [0.5, 0.6) is 0 Å². The van der Waals surface area contributed by atoms with E-state index in [1.165, 1.54) is 23.9 Å². The van der Waals surface area contributed by atoms with E-state index in [4.69, 9.17) is 5.26 Å². The van der Waals surface area contributed by atoms with Crippen molar-refractivity contribution in [3.05, 3.63) is 54.1 Å². The summed E-state index contributed by atoms with van der Waals surface area (Å²) in [6.07, 6.45) is 3.58. The highest BCUT2D eigenvalue weighted by atomic mass is 32.2. The first-order valence-corrected chi connectivity index (χ1v) is 9.63. The Morgan fingerprint density at radius 3 is 2.50 bits per heavy atom. The van der Waals surface area contributed by atoms with Gasteiger partial charge in [-0.15, -0.1) is 0 Å². The Kier molecular flexibility index (Phi) is 5.84. The molecular formula is C16H16N4O2S2. The number of hydrogen-bond donors (Lipinski definition) is 2. The third kappa shape index (κ3) is 4.75. The van der Waals surface area contributed by atoms with E-state index in [-0.39, 0.29) is 4.90 Å². The zero-order valence-corrected chi connectivity index (χ0v) is 14.8. The number of benzene rings is 2. The molecule has 0 atom stereocenters. The van der Waals surface area contributed by atoms with Crippen molar-refractivity contribution in [2.24, 2.45) is 4.99 Å². The molecule has 0 aromatic heterocycles. The van der Waals surface area contributed by atoms with E-state index in [0.29, 0.717) is 16.5 Å². The molecule has 6 nitrogen and oxygen atoms in total. The van der Waals surface area contributed by atoms with Crippen LogP contribution in [-0.2, 0) is 10.0 Å². The Hall–Kier alpha value is -2.50. The standard InChI is InChI=1S/C16H16N4O2S2/c1-12-4-3-5-14(10-12)20-24(21,22)15-8-6-13(7-9-15)19-16(23-2)18-11-17/h3-10,20H,1-2H3,(H,18,19). The lowest BCUT2D eigenvalue weighted by molar-refractivity contribution is 0.601. The minimum Gasteiger partial charge on any atom is -0.280 e. The van der Waals surface area contributed by atoms with Crippen LogP contribution in [0.2, 0.25) is 0 Å². The predicted octanol–water partition coefficient (Wildman–Crippen LogP) is 3.22. The number of anilines is 1. The molecule has 8 heteroatoms. The average molecular weight is 360 g/mol. The zero-order chi connectivity index (χ0) is 17.6. The van der Waals surface area contributed by atoms with Gasteiger partial charge in [-0.05, 0) is 55.1 Å². The van der Waals surface area contributed by atoms with Crippen molar-refractivity contribution in [3.63, 3.8) is 0 Å². The topological polar surface area (TPSA) is 94.3 Å². The van der Waals surface area contributed by atoms with Crippen LogP contribution in [0.4, 0.5) is 11.4 Å². The molecule has 0 saturated heterocycles. The summed E-state index contributed by atoms with van der Waals surface area (Å²) < 4.78 is 27.3. The van der Waals surface area contributed by atoms with Gasteiger partial charge in [0, 0.05) is 5.69 Å². The minimum absolute atomic E-state index is 0.141. The highest BCUT2D eigenvalue weighted by Crippen LogP contribution is 2.20. The normalized spacial score (nSPS) is 11.6. The number of thioether (sulfide) groups is 1. The maximum atomic E-state index is 12.4. The second kappa shape index (κ2) is 7.86. The van der Waals surface area contributed by atoms with Crippen LogP contribution < -0.4 is 10.0 Å². The molecule has 0 heterocycles. The first-order valence-electron chi connectivity index (χ1n) is 6.92. The van der Waals surface area contributed by atoms with Crippen molar-refractivity contribution in [2.45, 2.75) is 11.8 Å². The van der Waals surface area contributed by atoms with E-state index in [1.54, 1.807) is 42.8 Å². The van der Waals surface area contributed by atoms with Gasteiger partial charge in [0.25, 0.3) is 10.0 Å². The number of rotatable bonds is 4. The highest BCUT2D eigenvalue weighted by molar-refractivity contribution is 8.13. The highest BCUT2D eigenvalue weighted by Gasteiger charge is 2.14. The van der Waals surface area contributed by atoms with E-state index in [0.717, 1.165) is 5.56 Å². The summed E-state index contributed by atoms with van der Waals surface area (Å²) in [5, 5.41) is 11.5. The Labute approximate surface area is 145 Å². The molecule has 0 aliphatic heterocycles. The van der Waals surface area contributed by atoms with Gasteiger partial charge in [0.05, 0.1) is 10.6 Å². The van der Waals surface area contributed by atoms with Crippen LogP contribution in [0.15, 0.2) is 58.4 Å². The second-order valence-corrected chi connectivity index (χ2v) is 7.30. The summed E-state index contributed by atoms with van der Waals surface area (Å²) in [5.74, 6) is 0. The van der Waals surface area contributed by atoms with Gasteiger partial charge in [0.1, 0.15) is 0 Å². The molecule has 0 radical (unpaired) electrons. The van der Waals surface area contributed by atoms with Crippen molar-refractivity contribution in [1.82, 2.24) is 5.32 Å². The molecule has 2 rings (SSSR count). The molecule has 0 unspecified atom stereocenters. The molecule has 0 amide bonds. The number of nitrogens with zero attached hydrogens (tertiary/aromatic N) is 2. The minimum atomic E-state index is -3.66. The third-order valence-corrected chi connectivity index (χ3v) is 4.98. The smallest absolute Gasteiger partial charge is 0.261 e. The van der Waals surface area contributed by atoms with E-state index in [9.17, 15) is 8.42 Å². The Morgan fingerprint density at radius 1 is 1.21 bits per heavy atom. The number of aryl methyl sites for hydroxylation is 1. The van der Waals surface area contributed by atoms with Gasteiger partial charge in [0.2, 0.25) is 0 Å². The van der Waals surface area contributed by atoms with Crippen LogP contribution >= 0.6 is 11.8 Å². The molecule has 2 aromatic carbocycles. The molecule has 2 N–H and O–H groups in total. The number of nitrogens with one attached hydrogen (secondary N) is 2. The van der Waals surface area contributed by atoms with E-state index in [1.807, 2.05) is 13.0 Å². The van der Waals surface area contributed by atoms with Crippen LogP contribution in [0, 0.1) is 18.4 Å². The molecule has 0 bridgehead atoms. The van der Waals surface area contributed by atoms with Crippen molar-refractivity contribution in [2.75, 3.05) is 11.0 Å². The molecule has 24 heavy (non-hydrogen) atoms. The van der Waals surface area contributed by atoms with Crippen LogP contribution in [0.25, 0.3) is 0 Å². The lowest BCUT2D eigenvalue weighted by Crippen LogP contribution is -2.13. The number of aliphatic imine (C=N–C) groups is 1. The second-order valence-electron chi connectivity index (χ2n) is 4.83. The van der Waals surface area contributed by atoms with Crippen molar-refractivity contribution in [3.8, 4) is 6.19 Å². The lowest BCUT2D eigenvalue weighted by Gasteiger charge is -2.09. The maximum Gasteiger partial charge on any atom is 0.261 e. The molecule has 0 aliphatic carbocycles. The zero-order valence-electron chi connectivity index (χ0n) is 13.1. The number of amidine groups is 1. The Morgan fingerprint density at radius 2 is 1.92 bits per heavy atom. The van der Waals surface area contributed by atoms with Gasteiger partial charge in [-0.3, -0.25) is 10.0 Å². The Bertz CT molecular complexity index is 885. The maximum absolute atomic E-state index is 12.4. The fourth-order valence-corrected chi connectivity index (χ4v) is 3.31. The molecule has 0 spiro atoms. The first kappa shape index (κ1) is 17.8. The summed E-state index contributed by atoms with van der Waals surface area (Å²) in [7, 11) is -3.66. The van der Waals surface area contributed by atoms with Crippen LogP contribution in [0.1, 0.15) is 5.56 Å². The molecule has 0 aliphatic rings. The van der Waals surface area contributed by atoms with E-state index < -0.39 is 10.0 Å². The van der Waals surface area contributed by atoms with Gasteiger partial charge in [-0.25, -0.2) is 13.4 Å². The van der Waals surface area contributed by atoms with Crippen molar-refractivity contribution in [1.29, 1.82) is 5.26 Å². The summed E-state index contributed by atoms with van der Waals surface area (Å²) in [6, 6.07) is 13.2. The predicted molar refractivity (Wildman–Crippen MR) is 97.8 cm³/mol. The van der Waals surface area contributed by atoms with Crippen molar-refractivity contribution < 1.29 is 8.42 Å². The summed E-state index contributed by atoms with van der Waals surface area (Å²) >= 11 is 1.29. The number of nitriles is 1. The molecular weight excluding hydrogens is 344 g/mol. The van der Waals surface area contributed by atoms with Gasteiger partial charge in [-0.1, -0.05) is 23.9 Å². The summed E-state index contributed by atoms with van der Waals surface area (Å²) in [6.45, 7) is 1.89. The van der Waals surface area contributed by atoms with Crippen LogP contribution in [0.3, 0.4) is 0 Å². The van der Waals surface area contributed by atoms with Crippen molar-refractivity contribution >= 4 is 38.3 Å². The SMILES string of the molecule is CSC(=Nc1ccc(S(=O)(=O)Nc2cccc(C)c2)cc1)NC#N. The Balaban J connectivity index is 2.22. The third-order valence-electron chi connectivity index (χ3n) is 3.00. The van der Waals surface area contributed by atoms with Gasteiger partial charge in [0.15, 0.2) is 11.4 Å². The van der Waals surface area contributed by atoms with Gasteiger partial charge < -0.3 is 0 Å². The lowest BCUT2D eigenvalue weighted by atomic mass is 10.2. The largest absolute Gasteiger partial charge is 0.280 e. The number of hydrogen-bond acceptors (Lipinski definition) is 5. The van der Waals surface area contributed by atoms with Crippen LogP contribution in [-0.4, -0.2) is 19.8 Å². The summed E-state index contributed by atoms with van der Waals surface area (Å²) in [4.78, 5) is 4.36. The average Bonchev–Trinajstić information content (AvgIpc) is 2.54. The monoisotopic (exact) mass is 360 g/mol.